The zero-order valence-electron chi connectivity index (χ0n) is 8.10. The highest BCUT2D eigenvalue weighted by Crippen LogP contribution is 2.23. The Bertz CT molecular complexity index is 444. The number of rotatable bonds is 3. The van der Waals surface area contributed by atoms with Crippen LogP contribution in [0.2, 0.25) is 0 Å². The molecular weight excluding hydrogens is 194 g/mol. The maximum atomic E-state index is 11.4. The van der Waals surface area contributed by atoms with Crippen molar-refractivity contribution < 1.29 is 14.6 Å². The van der Waals surface area contributed by atoms with Crippen LogP contribution in [-0.4, -0.2) is 18.0 Å². The number of aromatic hydroxyl groups is 1. The Morgan fingerprint density at radius 2 is 2.33 bits per heavy atom. The molecule has 1 rings (SSSR count). The van der Waals surface area contributed by atoms with Gasteiger partial charge in [-0.3, -0.25) is 4.79 Å². The molecule has 0 spiro atoms. The van der Waals surface area contributed by atoms with Crippen molar-refractivity contribution in [3.05, 3.63) is 35.9 Å². The lowest BCUT2D eigenvalue weighted by Crippen LogP contribution is -1.95. The zero-order valence-corrected chi connectivity index (χ0v) is 8.10. The Morgan fingerprint density at radius 1 is 1.60 bits per heavy atom. The number of nitriles is 1. The van der Waals surface area contributed by atoms with E-state index in [-0.39, 0.29) is 11.3 Å². The van der Waals surface area contributed by atoms with Crippen LogP contribution in [0.25, 0.3) is 0 Å². The second kappa shape index (κ2) is 4.82. The van der Waals surface area contributed by atoms with Gasteiger partial charge >= 0.3 is 0 Å². The molecule has 0 amide bonds. The molecule has 0 aliphatic heterocycles. The summed E-state index contributed by atoms with van der Waals surface area (Å²) in [6, 6.07) is 6.05. The Kier molecular flexibility index (Phi) is 3.47. The number of phenolic OH excluding ortho intramolecular Hbond substituents is 1. The standard InChI is InChI=1S/C11H9NO3/c1-15-8-4-5-9(11(14)7-8)10(13)3-2-6-12/h2-5,7,14H,1H3/b3-2+. The first-order valence-electron chi connectivity index (χ1n) is 4.16. The third-order valence-electron chi connectivity index (χ3n) is 1.78. The predicted octanol–water partition coefficient (Wildman–Crippen LogP) is 1.66. The van der Waals surface area contributed by atoms with Crippen molar-refractivity contribution in [2.45, 2.75) is 0 Å². The van der Waals surface area contributed by atoms with E-state index in [9.17, 15) is 9.90 Å². The maximum Gasteiger partial charge on any atom is 0.190 e. The quantitative estimate of drug-likeness (QED) is 0.460. The number of phenols is 1. The van der Waals surface area contributed by atoms with Gasteiger partial charge in [0.2, 0.25) is 0 Å². The molecule has 0 unspecified atom stereocenters. The Morgan fingerprint density at radius 3 is 2.87 bits per heavy atom. The fourth-order valence-electron chi connectivity index (χ4n) is 1.05. The van der Waals surface area contributed by atoms with Crippen LogP contribution in [0.3, 0.4) is 0 Å². The van der Waals surface area contributed by atoms with E-state index in [4.69, 9.17) is 10.00 Å². The first kappa shape index (κ1) is 10.8. The topological polar surface area (TPSA) is 70.3 Å². The summed E-state index contributed by atoms with van der Waals surface area (Å²) in [4.78, 5) is 11.4. The fourth-order valence-corrected chi connectivity index (χ4v) is 1.05. The van der Waals surface area contributed by atoms with Crippen LogP contribution in [0.5, 0.6) is 11.5 Å². The lowest BCUT2D eigenvalue weighted by Gasteiger charge is -2.03. The molecule has 0 aliphatic rings. The Balaban J connectivity index is 3.01. The number of hydrogen-bond acceptors (Lipinski definition) is 4. The van der Waals surface area contributed by atoms with Gasteiger partial charge < -0.3 is 9.84 Å². The molecule has 0 aromatic heterocycles. The molecule has 0 heterocycles. The van der Waals surface area contributed by atoms with Crippen molar-refractivity contribution in [3.63, 3.8) is 0 Å². The van der Waals surface area contributed by atoms with E-state index >= 15 is 0 Å². The van der Waals surface area contributed by atoms with E-state index in [1.54, 1.807) is 12.1 Å². The number of ketones is 1. The van der Waals surface area contributed by atoms with Crippen LogP contribution in [-0.2, 0) is 0 Å². The molecule has 0 radical (unpaired) electrons. The van der Waals surface area contributed by atoms with Crippen molar-refractivity contribution in [1.82, 2.24) is 0 Å². The summed E-state index contributed by atoms with van der Waals surface area (Å²) in [5.74, 6) is -0.119. The largest absolute Gasteiger partial charge is 0.507 e. The number of nitrogens with zero attached hydrogens (tertiary/aromatic N) is 1. The third kappa shape index (κ3) is 2.58. The van der Waals surface area contributed by atoms with Crippen molar-refractivity contribution in [2.75, 3.05) is 7.11 Å². The van der Waals surface area contributed by atoms with Gasteiger partial charge in [-0.2, -0.15) is 5.26 Å². The lowest BCUT2D eigenvalue weighted by atomic mass is 10.1. The van der Waals surface area contributed by atoms with Gasteiger partial charge in [-0.15, -0.1) is 0 Å². The zero-order chi connectivity index (χ0) is 11.3. The number of benzene rings is 1. The van der Waals surface area contributed by atoms with Crippen molar-refractivity contribution in [3.8, 4) is 17.6 Å². The molecule has 4 nitrogen and oxygen atoms in total. The van der Waals surface area contributed by atoms with Crippen LogP contribution in [0, 0.1) is 11.3 Å². The van der Waals surface area contributed by atoms with Gasteiger partial charge in [-0.25, -0.2) is 0 Å². The number of ether oxygens (including phenoxy) is 1. The number of carbonyl (C=O) groups excluding carboxylic acids is 1. The summed E-state index contributed by atoms with van der Waals surface area (Å²) in [6.07, 6.45) is 2.16. The van der Waals surface area contributed by atoms with Gasteiger partial charge in [0.1, 0.15) is 11.5 Å². The summed E-state index contributed by atoms with van der Waals surface area (Å²) in [6.45, 7) is 0. The molecule has 1 N–H and O–H groups in total. The van der Waals surface area contributed by atoms with E-state index in [0.29, 0.717) is 5.75 Å². The number of hydrogen-bond donors (Lipinski definition) is 1. The molecular formula is C11H9NO3. The molecule has 0 saturated carbocycles. The minimum atomic E-state index is -0.420. The number of methoxy groups -OCH3 is 1. The second-order valence-electron chi connectivity index (χ2n) is 2.71. The van der Waals surface area contributed by atoms with Crippen LogP contribution >= 0.6 is 0 Å². The molecule has 0 bridgehead atoms. The molecule has 76 valence electrons. The van der Waals surface area contributed by atoms with E-state index in [0.717, 1.165) is 12.2 Å². The van der Waals surface area contributed by atoms with E-state index in [1.165, 1.54) is 19.2 Å². The van der Waals surface area contributed by atoms with Crippen LogP contribution in [0.4, 0.5) is 0 Å². The normalized spacial score (nSPS) is 9.87. The van der Waals surface area contributed by atoms with Gasteiger partial charge in [0.25, 0.3) is 0 Å². The number of carbonyl (C=O) groups is 1. The highest BCUT2D eigenvalue weighted by atomic mass is 16.5. The first-order valence-corrected chi connectivity index (χ1v) is 4.16. The van der Waals surface area contributed by atoms with Gasteiger partial charge in [0.05, 0.1) is 18.7 Å². The van der Waals surface area contributed by atoms with Crippen LogP contribution < -0.4 is 4.74 Å². The van der Waals surface area contributed by atoms with Gasteiger partial charge in [-0.1, -0.05) is 0 Å². The summed E-state index contributed by atoms with van der Waals surface area (Å²) in [5.41, 5.74) is 0.141. The molecule has 1 aromatic carbocycles. The number of allylic oxidation sites excluding steroid dienone is 2. The minimum Gasteiger partial charge on any atom is -0.507 e. The highest BCUT2D eigenvalue weighted by Gasteiger charge is 2.08. The second-order valence-corrected chi connectivity index (χ2v) is 2.71. The first-order chi connectivity index (χ1) is 7.19. The average Bonchev–Trinajstić information content (AvgIpc) is 2.25. The highest BCUT2D eigenvalue weighted by molar-refractivity contribution is 6.06. The summed E-state index contributed by atoms with van der Waals surface area (Å²) in [7, 11) is 1.46. The molecule has 4 heteroatoms. The molecule has 0 saturated heterocycles. The lowest BCUT2D eigenvalue weighted by molar-refractivity contribution is 0.104. The van der Waals surface area contributed by atoms with Crippen LogP contribution in [0.15, 0.2) is 30.4 Å². The Hall–Kier alpha value is -2.28. The van der Waals surface area contributed by atoms with Gasteiger partial charge in [-0.05, 0) is 18.2 Å². The van der Waals surface area contributed by atoms with Crippen molar-refractivity contribution in [2.24, 2.45) is 0 Å². The average molecular weight is 203 g/mol. The summed E-state index contributed by atoms with van der Waals surface area (Å²) >= 11 is 0. The van der Waals surface area contributed by atoms with Gasteiger partial charge in [0, 0.05) is 12.1 Å². The monoisotopic (exact) mass is 203 g/mol. The minimum absolute atomic E-state index is 0.141. The molecule has 0 aliphatic carbocycles. The smallest absolute Gasteiger partial charge is 0.190 e. The van der Waals surface area contributed by atoms with Crippen LogP contribution in [0.1, 0.15) is 10.4 Å². The molecule has 1 aromatic rings. The molecule has 15 heavy (non-hydrogen) atoms. The van der Waals surface area contributed by atoms with Crippen molar-refractivity contribution in [1.29, 1.82) is 5.26 Å². The maximum absolute atomic E-state index is 11.4. The predicted molar refractivity (Wildman–Crippen MR) is 53.7 cm³/mol. The summed E-state index contributed by atoms with van der Waals surface area (Å²) < 4.78 is 4.87. The van der Waals surface area contributed by atoms with E-state index in [1.807, 2.05) is 0 Å². The van der Waals surface area contributed by atoms with Gasteiger partial charge in [0.15, 0.2) is 5.78 Å². The van der Waals surface area contributed by atoms with Crippen molar-refractivity contribution >= 4 is 5.78 Å². The molecule has 0 fully saturated rings. The van der Waals surface area contributed by atoms with E-state index < -0.39 is 5.78 Å². The Labute approximate surface area is 87.0 Å². The SMILES string of the molecule is COc1ccc(C(=O)/C=C/C#N)c(O)c1. The molecule has 0 atom stereocenters. The fraction of sp³-hybridized carbons (Fsp3) is 0.0909. The third-order valence-corrected chi connectivity index (χ3v) is 1.78. The summed E-state index contributed by atoms with van der Waals surface area (Å²) in [5, 5.41) is 17.7. The van der Waals surface area contributed by atoms with E-state index in [2.05, 4.69) is 0 Å².